The van der Waals surface area contributed by atoms with E-state index in [-0.39, 0.29) is 0 Å². The lowest BCUT2D eigenvalue weighted by Crippen LogP contribution is -2.38. The number of ether oxygens (including phenoxy) is 2. The zero-order valence-corrected chi connectivity index (χ0v) is 9.71. The maximum Gasteiger partial charge on any atom is 0.0724 e. The molecule has 2 aliphatic rings. The van der Waals surface area contributed by atoms with Crippen molar-refractivity contribution in [3.8, 4) is 0 Å². The van der Waals surface area contributed by atoms with Gasteiger partial charge in [-0.2, -0.15) is 0 Å². The fourth-order valence-corrected chi connectivity index (χ4v) is 2.74. The lowest BCUT2D eigenvalue weighted by Gasteiger charge is -2.20. The molecule has 0 aromatic carbocycles. The van der Waals surface area contributed by atoms with Crippen LogP contribution >= 0.6 is 0 Å². The smallest absolute Gasteiger partial charge is 0.0724 e. The van der Waals surface area contributed by atoms with E-state index in [1.54, 1.807) is 0 Å². The van der Waals surface area contributed by atoms with Crippen LogP contribution in [-0.4, -0.2) is 38.5 Å². The van der Waals surface area contributed by atoms with Crippen molar-refractivity contribution in [1.29, 1.82) is 0 Å². The maximum absolute atomic E-state index is 5.60. The van der Waals surface area contributed by atoms with Gasteiger partial charge in [-0.1, -0.05) is 0 Å². The van der Waals surface area contributed by atoms with Crippen LogP contribution in [0, 0.1) is 0 Å². The Bertz CT molecular complexity index is 180. The summed E-state index contributed by atoms with van der Waals surface area (Å²) in [6, 6.07) is 0.580. The van der Waals surface area contributed by atoms with Gasteiger partial charge in [0.1, 0.15) is 0 Å². The maximum atomic E-state index is 5.60. The predicted octanol–water partition coefficient (Wildman–Crippen LogP) is 1.71. The molecule has 0 aromatic heterocycles. The highest BCUT2D eigenvalue weighted by Crippen LogP contribution is 2.22. The summed E-state index contributed by atoms with van der Waals surface area (Å²) in [4.78, 5) is 0. The van der Waals surface area contributed by atoms with E-state index < -0.39 is 0 Å². The highest BCUT2D eigenvalue weighted by molar-refractivity contribution is 4.84. The Hall–Kier alpha value is -0.120. The van der Waals surface area contributed by atoms with Crippen molar-refractivity contribution in [2.75, 3.05) is 20.3 Å². The SMILES string of the molecule is COC1CCCC1NCCC1CCCO1. The van der Waals surface area contributed by atoms with Crippen molar-refractivity contribution in [2.45, 2.75) is 56.8 Å². The molecule has 1 saturated carbocycles. The first-order valence-corrected chi connectivity index (χ1v) is 6.28. The molecule has 0 radical (unpaired) electrons. The molecule has 0 aromatic rings. The van der Waals surface area contributed by atoms with E-state index in [4.69, 9.17) is 9.47 Å². The van der Waals surface area contributed by atoms with E-state index in [0.717, 1.165) is 19.6 Å². The Kier molecular flexibility index (Phi) is 4.42. The monoisotopic (exact) mass is 213 g/mol. The number of hydrogen-bond donors (Lipinski definition) is 1. The average Bonchev–Trinajstić information content (AvgIpc) is 2.88. The summed E-state index contributed by atoms with van der Waals surface area (Å²) in [6.07, 6.45) is 8.39. The van der Waals surface area contributed by atoms with Crippen LogP contribution in [0.15, 0.2) is 0 Å². The van der Waals surface area contributed by atoms with Crippen LogP contribution in [0.1, 0.15) is 38.5 Å². The highest BCUT2D eigenvalue weighted by Gasteiger charge is 2.26. The molecular weight excluding hydrogens is 190 g/mol. The lowest BCUT2D eigenvalue weighted by molar-refractivity contribution is 0.0786. The lowest BCUT2D eigenvalue weighted by atomic mass is 10.1. The van der Waals surface area contributed by atoms with Gasteiger partial charge in [0, 0.05) is 19.8 Å². The molecule has 1 aliphatic carbocycles. The zero-order chi connectivity index (χ0) is 10.5. The normalized spacial score (nSPS) is 36.2. The first-order chi connectivity index (χ1) is 7.40. The van der Waals surface area contributed by atoms with E-state index in [1.807, 2.05) is 7.11 Å². The van der Waals surface area contributed by atoms with Crippen molar-refractivity contribution >= 4 is 0 Å². The van der Waals surface area contributed by atoms with E-state index >= 15 is 0 Å². The topological polar surface area (TPSA) is 30.5 Å². The fraction of sp³-hybridized carbons (Fsp3) is 1.00. The highest BCUT2D eigenvalue weighted by atomic mass is 16.5. The van der Waals surface area contributed by atoms with Crippen LogP contribution in [0.2, 0.25) is 0 Å². The van der Waals surface area contributed by atoms with Gasteiger partial charge in [0.05, 0.1) is 12.2 Å². The number of hydrogen-bond acceptors (Lipinski definition) is 3. The second-order valence-corrected chi connectivity index (χ2v) is 4.69. The molecule has 3 nitrogen and oxygen atoms in total. The van der Waals surface area contributed by atoms with Crippen LogP contribution in [0.4, 0.5) is 0 Å². The third-order valence-electron chi connectivity index (χ3n) is 3.65. The molecule has 0 bridgehead atoms. The molecule has 3 heteroatoms. The predicted molar refractivity (Wildman–Crippen MR) is 60.0 cm³/mol. The molecule has 1 aliphatic heterocycles. The Morgan fingerprint density at radius 1 is 1.27 bits per heavy atom. The van der Waals surface area contributed by atoms with E-state index in [9.17, 15) is 0 Å². The molecular formula is C12H23NO2. The van der Waals surface area contributed by atoms with Gasteiger partial charge in [0.2, 0.25) is 0 Å². The van der Waals surface area contributed by atoms with Crippen LogP contribution in [0.3, 0.4) is 0 Å². The molecule has 1 saturated heterocycles. The summed E-state index contributed by atoms with van der Waals surface area (Å²) in [7, 11) is 1.82. The minimum Gasteiger partial charge on any atom is -0.380 e. The largest absolute Gasteiger partial charge is 0.380 e. The van der Waals surface area contributed by atoms with Gasteiger partial charge in [0.15, 0.2) is 0 Å². The first-order valence-electron chi connectivity index (χ1n) is 6.28. The number of methoxy groups -OCH3 is 1. The van der Waals surface area contributed by atoms with Crippen molar-refractivity contribution in [3.63, 3.8) is 0 Å². The molecule has 3 atom stereocenters. The van der Waals surface area contributed by atoms with Crippen LogP contribution in [0.25, 0.3) is 0 Å². The molecule has 2 fully saturated rings. The van der Waals surface area contributed by atoms with Gasteiger partial charge >= 0.3 is 0 Å². The third kappa shape index (κ3) is 3.16. The van der Waals surface area contributed by atoms with Crippen molar-refractivity contribution in [3.05, 3.63) is 0 Å². The summed E-state index contributed by atoms with van der Waals surface area (Å²) < 4.78 is 11.1. The molecule has 1 N–H and O–H groups in total. The minimum absolute atomic E-state index is 0.439. The summed E-state index contributed by atoms with van der Waals surface area (Å²) in [5.41, 5.74) is 0. The van der Waals surface area contributed by atoms with Crippen LogP contribution in [0.5, 0.6) is 0 Å². The van der Waals surface area contributed by atoms with E-state index in [2.05, 4.69) is 5.32 Å². The van der Waals surface area contributed by atoms with Gasteiger partial charge in [-0.15, -0.1) is 0 Å². The Balaban J connectivity index is 1.60. The van der Waals surface area contributed by atoms with Crippen molar-refractivity contribution in [2.24, 2.45) is 0 Å². The quantitative estimate of drug-likeness (QED) is 0.754. The molecule has 3 unspecified atom stereocenters. The fourth-order valence-electron chi connectivity index (χ4n) is 2.74. The van der Waals surface area contributed by atoms with Crippen molar-refractivity contribution < 1.29 is 9.47 Å². The number of nitrogens with one attached hydrogen (secondary N) is 1. The molecule has 15 heavy (non-hydrogen) atoms. The molecule has 0 spiro atoms. The van der Waals surface area contributed by atoms with Crippen LogP contribution in [-0.2, 0) is 9.47 Å². The van der Waals surface area contributed by atoms with Gasteiger partial charge in [-0.3, -0.25) is 0 Å². The second kappa shape index (κ2) is 5.83. The zero-order valence-electron chi connectivity index (χ0n) is 9.71. The average molecular weight is 213 g/mol. The van der Waals surface area contributed by atoms with Crippen molar-refractivity contribution in [1.82, 2.24) is 5.32 Å². The summed E-state index contributed by atoms with van der Waals surface area (Å²) in [5, 5.41) is 3.60. The molecule has 0 amide bonds. The molecule has 88 valence electrons. The first kappa shape index (κ1) is 11.4. The summed E-state index contributed by atoms with van der Waals surface area (Å²) >= 11 is 0. The van der Waals surface area contributed by atoms with Gasteiger partial charge in [-0.25, -0.2) is 0 Å². The van der Waals surface area contributed by atoms with Crippen LogP contribution < -0.4 is 5.32 Å². The van der Waals surface area contributed by atoms with E-state index in [1.165, 1.54) is 32.1 Å². The van der Waals surface area contributed by atoms with Gasteiger partial charge < -0.3 is 14.8 Å². The molecule has 1 heterocycles. The standard InChI is InChI=1S/C12H23NO2/c1-14-12-6-2-5-11(12)13-8-7-10-4-3-9-15-10/h10-13H,2-9H2,1H3. The Morgan fingerprint density at radius 3 is 2.93 bits per heavy atom. The van der Waals surface area contributed by atoms with Gasteiger partial charge in [-0.05, 0) is 45.1 Å². The Morgan fingerprint density at radius 2 is 2.20 bits per heavy atom. The van der Waals surface area contributed by atoms with Gasteiger partial charge in [0.25, 0.3) is 0 Å². The molecule has 2 rings (SSSR count). The third-order valence-corrected chi connectivity index (χ3v) is 3.65. The Labute approximate surface area is 92.5 Å². The summed E-state index contributed by atoms with van der Waals surface area (Å²) in [6.45, 7) is 2.05. The minimum atomic E-state index is 0.439. The summed E-state index contributed by atoms with van der Waals surface area (Å²) in [5.74, 6) is 0. The number of rotatable bonds is 5. The van der Waals surface area contributed by atoms with E-state index in [0.29, 0.717) is 18.2 Å². The second-order valence-electron chi connectivity index (χ2n) is 4.69.